The molecule has 0 spiro atoms. The summed E-state index contributed by atoms with van der Waals surface area (Å²) in [6.07, 6.45) is 0. The van der Waals surface area contributed by atoms with Gasteiger partial charge in [-0.25, -0.2) is 4.39 Å². The first-order valence-corrected chi connectivity index (χ1v) is 8.44. The van der Waals surface area contributed by atoms with E-state index in [9.17, 15) is 14.0 Å². The van der Waals surface area contributed by atoms with Crippen molar-refractivity contribution >= 4 is 29.2 Å². The zero-order chi connectivity index (χ0) is 19.4. The van der Waals surface area contributed by atoms with Gasteiger partial charge in [0.05, 0.1) is 10.6 Å². The Bertz CT molecular complexity index is 986. The van der Waals surface area contributed by atoms with E-state index in [0.717, 1.165) is 5.56 Å². The van der Waals surface area contributed by atoms with Crippen molar-refractivity contribution in [1.82, 2.24) is 15.1 Å². The number of hydrogen-bond donors (Lipinski definition) is 2. The number of anilines is 1. The summed E-state index contributed by atoms with van der Waals surface area (Å²) in [6.45, 7) is 0.233. The van der Waals surface area contributed by atoms with E-state index < -0.39 is 11.8 Å². The van der Waals surface area contributed by atoms with Crippen LogP contribution in [0.5, 0.6) is 0 Å². The molecule has 3 rings (SSSR count). The van der Waals surface area contributed by atoms with E-state index >= 15 is 0 Å². The summed E-state index contributed by atoms with van der Waals surface area (Å²) in [7, 11) is 1.61. The fourth-order valence-corrected chi connectivity index (χ4v) is 2.62. The van der Waals surface area contributed by atoms with Crippen molar-refractivity contribution in [2.24, 2.45) is 7.05 Å². The van der Waals surface area contributed by atoms with Gasteiger partial charge in [-0.3, -0.25) is 14.3 Å². The number of amides is 2. The lowest BCUT2D eigenvalue weighted by Gasteiger charge is -2.06. The van der Waals surface area contributed by atoms with Gasteiger partial charge in [-0.2, -0.15) is 5.10 Å². The summed E-state index contributed by atoms with van der Waals surface area (Å²) in [5, 5.41) is 9.81. The van der Waals surface area contributed by atoms with Gasteiger partial charge in [-0.05, 0) is 29.8 Å². The third-order valence-electron chi connectivity index (χ3n) is 3.84. The summed E-state index contributed by atoms with van der Waals surface area (Å²) in [6, 6.07) is 13.9. The van der Waals surface area contributed by atoms with Crippen molar-refractivity contribution in [3.8, 4) is 0 Å². The molecule has 0 aliphatic carbocycles. The van der Waals surface area contributed by atoms with E-state index in [1.165, 1.54) is 22.9 Å². The summed E-state index contributed by atoms with van der Waals surface area (Å²) < 4.78 is 14.3. The maximum Gasteiger partial charge on any atom is 0.272 e. The highest BCUT2D eigenvalue weighted by Crippen LogP contribution is 2.17. The van der Waals surface area contributed by atoms with Crippen LogP contribution in [0, 0.1) is 5.82 Å². The minimum atomic E-state index is -0.409. The number of nitrogens with zero attached hydrogens (tertiary/aromatic N) is 2. The van der Waals surface area contributed by atoms with Crippen molar-refractivity contribution in [1.29, 1.82) is 0 Å². The van der Waals surface area contributed by atoms with Gasteiger partial charge >= 0.3 is 0 Å². The number of carbonyl (C=O) groups excluding carboxylic acids is 2. The second kappa shape index (κ2) is 8.01. The molecule has 0 aliphatic heterocycles. The van der Waals surface area contributed by atoms with E-state index in [1.54, 1.807) is 43.4 Å². The quantitative estimate of drug-likeness (QED) is 0.705. The topological polar surface area (TPSA) is 76.0 Å². The van der Waals surface area contributed by atoms with Crippen molar-refractivity contribution in [2.45, 2.75) is 6.54 Å². The van der Waals surface area contributed by atoms with Crippen LogP contribution in [0.4, 0.5) is 10.2 Å². The molecular weight excluding hydrogens is 371 g/mol. The number of carbonyl (C=O) groups is 2. The highest BCUT2D eigenvalue weighted by molar-refractivity contribution is 6.34. The standard InChI is InChI=1S/C19H16ClFN4O2/c1-25-17(23-18(26)14-4-2-3-5-15(14)20)10-16(24-25)19(27)22-11-12-6-8-13(21)9-7-12/h2-10H,11H2,1H3,(H,22,27)(H,23,26). The lowest BCUT2D eigenvalue weighted by atomic mass is 10.2. The molecule has 0 atom stereocenters. The summed E-state index contributed by atoms with van der Waals surface area (Å²) in [4.78, 5) is 24.6. The molecule has 0 saturated carbocycles. The Hall–Kier alpha value is -3.19. The van der Waals surface area contributed by atoms with Gasteiger partial charge in [-0.1, -0.05) is 35.9 Å². The average molecular weight is 387 g/mol. The molecule has 27 heavy (non-hydrogen) atoms. The van der Waals surface area contributed by atoms with Crippen LogP contribution in [0.15, 0.2) is 54.6 Å². The molecule has 0 bridgehead atoms. The minimum absolute atomic E-state index is 0.147. The first kappa shape index (κ1) is 18.6. The first-order valence-electron chi connectivity index (χ1n) is 8.06. The van der Waals surface area contributed by atoms with Crippen LogP contribution >= 0.6 is 11.6 Å². The average Bonchev–Trinajstić information content (AvgIpc) is 3.02. The number of hydrogen-bond acceptors (Lipinski definition) is 3. The highest BCUT2D eigenvalue weighted by atomic mass is 35.5. The Morgan fingerprint density at radius 3 is 2.52 bits per heavy atom. The molecule has 0 radical (unpaired) electrons. The third kappa shape index (κ3) is 4.51. The fourth-order valence-electron chi connectivity index (χ4n) is 2.40. The van der Waals surface area contributed by atoms with Gasteiger partial charge in [-0.15, -0.1) is 0 Å². The van der Waals surface area contributed by atoms with Gasteiger partial charge in [0.2, 0.25) is 0 Å². The molecular formula is C19H16ClFN4O2. The second-order valence-electron chi connectivity index (χ2n) is 5.78. The van der Waals surface area contributed by atoms with Gasteiger partial charge in [0.1, 0.15) is 11.6 Å². The van der Waals surface area contributed by atoms with E-state index in [1.807, 2.05) is 0 Å². The monoisotopic (exact) mass is 386 g/mol. The Morgan fingerprint density at radius 1 is 1.11 bits per heavy atom. The van der Waals surface area contributed by atoms with Gasteiger partial charge < -0.3 is 10.6 Å². The summed E-state index contributed by atoms with van der Waals surface area (Å²) >= 11 is 6.02. The predicted octanol–water partition coefficient (Wildman–Crippen LogP) is 3.39. The fraction of sp³-hybridized carbons (Fsp3) is 0.105. The molecule has 0 fully saturated rings. The number of halogens is 2. The molecule has 2 N–H and O–H groups in total. The van der Waals surface area contributed by atoms with E-state index in [-0.39, 0.29) is 18.1 Å². The third-order valence-corrected chi connectivity index (χ3v) is 4.17. The van der Waals surface area contributed by atoms with Gasteiger partial charge in [0, 0.05) is 19.7 Å². The molecule has 0 unspecified atom stereocenters. The minimum Gasteiger partial charge on any atom is -0.347 e. The SMILES string of the molecule is Cn1nc(C(=O)NCc2ccc(F)cc2)cc1NC(=O)c1ccccc1Cl. The van der Waals surface area contributed by atoms with Crippen LogP contribution in [0.25, 0.3) is 0 Å². The van der Waals surface area contributed by atoms with Crippen molar-refractivity contribution in [3.63, 3.8) is 0 Å². The number of aryl methyl sites for hydroxylation is 1. The number of benzene rings is 2. The molecule has 1 aromatic heterocycles. The highest BCUT2D eigenvalue weighted by Gasteiger charge is 2.16. The second-order valence-corrected chi connectivity index (χ2v) is 6.19. The molecule has 138 valence electrons. The first-order chi connectivity index (χ1) is 12.9. The molecule has 2 aromatic carbocycles. The van der Waals surface area contributed by atoms with Crippen LogP contribution in [0.1, 0.15) is 26.4 Å². The molecule has 8 heteroatoms. The number of aromatic nitrogens is 2. The van der Waals surface area contributed by atoms with Crippen molar-refractivity contribution < 1.29 is 14.0 Å². The predicted molar refractivity (Wildman–Crippen MR) is 100 cm³/mol. The molecule has 6 nitrogen and oxygen atoms in total. The van der Waals surface area contributed by atoms with Crippen LogP contribution in [0.3, 0.4) is 0 Å². The van der Waals surface area contributed by atoms with Crippen molar-refractivity contribution in [3.05, 3.63) is 82.3 Å². The zero-order valence-corrected chi connectivity index (χ0v) is 15.1. The number of rotatable bonds is 5. The molecule has 1 heterocycles. The molecule has 0 aliphatic rings. The van der Waals surface area contributed by atoms with Gasteiger partial charge in [0.15, 0.2) is 5.69 Å². The normalized spacial score (nSPS) is 10.5. The van der Waals surface area contributed by atoms with Crippen LogP contribution in [-0.2, 0) is 13.6 Å². The Labute approximate surface area is 160 Å². The smallest absolute Gasteiger partial charge is 0.272 e. The lowest BCUT2D eigenvalue weighted by Crippen LogP contribution is -2.23. The van der Waals surface area contributed by atoms with E-state index in [2.05, 4.69) is 15.7 Å². The van der Waals surface area contributed by atoms with E-state index in [0.29, 0.717) is 16.4 Å². The van der Waals surface area contributed by atoms with Crippen molar-refractivity contribution in [2.75, 3.05) is 5.32 Å². The summed E-state index contributed by atoms with van der Waals surface area (Å²) in [5.74, 6) is -0.796. The Morgan fingerprint density at radius 2 is 1.81 bits per heavy atom. The van der Waals surface area contributed by atoms with Crippen LogP contribution in [0.2, 0.25) is 5.02 Å². The molecule has 2 amide bonds. The molecule has 0 saturated heterocycles. The van der Waals surface area contributed by atoms with Crippen LogP contribution < -0.4 is 10.6 Å². The molecule has 3 aromatic rings. The lowest BCUT2D eigenvalue weighted by molar-refractivity contribution is 0.0944. The largest absolute Gasteiger partial charge is 0.347 e. The number of nitrogens with one attached hydrogen (secondary N) is 2. The van der Waals surface area contributed by atoms with Gasteiger partial charge in [0.25, 0.3) is 11.8 Å². The maximum absolute atomic E-state index is 12.9. The Kier molecular flexibility index (Phi) is 5.52. The Balaban J connectivity index is 1.66. The maximum atomic E-state index is 12.9. The van der Waals surface area contributed by atoms with Crippen LogP contribution in [-0.4, -0.2) is 21.6 Å². The van der Waals surface area contributed by atoms with E-state index in [4.69, 9.17) is 11.6 Å². The zero-order valence-electron chi connectivity index (χ0n) is 14.4. The summed E-state index contributed by atoms with van der Waals surface area (Å²) in [5.41, 5.74) is 1.23.